The van der Waals surface area contributed by atoms with Gasteiger partial charge >= 0.3 is 0 Å². The highest BCUT2D eigenvalue weighted by atomic mass is 19.1. The second-order valence-corrected chi connectivity index (χ2v) is 6.12. The number of fused-ring (bicyclic) bond motifs is 1. The Morgan fingerprint density at radius 3 is 2.76 bits per heavy atom. The van der Waals surface area contributed by atoms with E-state index in [1.165, 1.54) is 6.07 Å². The fourth-order valence-corrected chi connectivity index (χ4v) is 2.79. The number of aliphatic hydroxyl groups excluding tert-OH is 1. The Morgan fingerprint density at radius 2 is 2.07 bits per heavy atom. The molecule has 0 atom stereocenters. The van der Waals surface area contributed by atoms with E-state index in [1.54, 1.807) is 49.0 Å². The average Bonchev–Trinajstić information content (AvgIpc) is 3.01. The van der Waals surface area contributed by atoms with Gasteiger partial charge in [-0.05, 0) is 43.2 Å². The number of benzene rings is 1. The van der Waals surface area contributed by atoms with Crippen molar-refractivity contribution in [3.63, 3.8) is 0 Å². The highest BCUT2D eigenvalue weighted by Crippen LogP contribution is 2.31. The number of carbonyl (C=O) groups excluding carboxylic acids is 1. The first kappa shape index (κ1) is 22.3. The molecule has 29 heavy (non-hydrogen) atoms. The molecular weight excluding hydrogens is 375 g/mol. The second kappa shape index (κ2) is 10.5. The lowest BCUT2D eigenvalue weighted by Crippen LogP contribution is -2.25. The molecule has 156 valence electrons. The summed E-state index contributed by atoms with van der Waals surface area (Å²) >= 11 is 0. The Balaban J connectivity index is 0.00000145. The lowest BCUT2D eigenvalue weighted by Gasteiger charge is -2.12. The third kappa shape index (κ3) is 5.10. The molecular formula is C21H27FN4O3. The molecule has 2 aromatic heterocycles. The van der Waals surface area contributed by atoms with Crippen molar-refractivity contribution in [3.8, 4) is 0 Å². The standard InChI is InChI=1S/C19H21FN4O3.C2H6/c1-12-6-7-15(14(20)11-12)22-18-16(19(26)23-27-10-4-9-25)13-5-3-8-21-17(13)24(18)2;1-2/h3,5-8,11,22,25H,4,9-10H2,1-2H3,(H,23,26);1-2H3. The molecule has 0 aliphatic rings. The second-order valence-electron chi connectivity index (χ2n) is 6.12. The quantitative estimate of drug-likeness (QED) is 0.413. The summed E-state index contributed by atoms with van der Waals surface area (Å²) in [6.45, 7) is 5.95. The van der Waals surface area contributed by atoms with Gasteiger partial charge in [0.1, 0.15) is 17.3 Å². The van der Waals surface area contributed by atoms with E-state index in [0.29, 0.717) is 28.8 Å². The molecule has 0 saturated heterocycles. The Bertz CT molecular complexity index is 972. The van der Waals surface area contributed by atoms with E-state index in [9.17, 15) is 9.18 Å². The number of nitrogens with zero attached hydrogens (tertiary/aromatic N) is 2. The molecule has 1 amide bonds. The molecule has 0 unspecified atom stereocenters. The van der Waals surface area contributed by atoms with Gasteiger partial charge in [-0.2, -0.15) is 0 Å². The van der Waals surface area contributed by atoms with Crippen LogP contribution in [-0.2, 0) is 11.9 Å². The largest absolute Gasteiger partial charge is 0.396 e. The summed E-state index contributed by atoms with van der Waals surface area (Å²) in [5, 5.41) is 12.4. The zero-order valence-electron chi connectivity index (χ0n) is 17.1. The molecule has 0 radical (unpaired) electrons. The van der Waals surface area contributed by atoms with E-state index in [1.807, 2.05) is 13.8 Å². The maximum atomic E-state index is 14.3. The zero-order chi connectivity index (χ0) is 21.4. The van der Waals surface area contributed by atoms with Crippen molar-refractivity contribution in [1.82, 2.24) is 15.0 Å². The zero-order valence-corrected chi connectivity index (χ0v) is 17.1. The molecule has 0 aliphatic heterocycles. The van der Waals surface area contributed by atoms with Crippen LogP contribution in [-0.4, -0.2) is 33.8 Å². The molecule has 0 bridgehead atoms. The lowest BCUT2D eigenvalue weighted by molar-refractivity contribution is 0.0264. The molecule has 2 heterocycles. The fourth-order valence-electron chi connectivity index (χ4n) is 2.79. The molecule has 3 aromatic rings. The van der Waals surface area contributed by atoms with Crippen LogP contribution in [0.2, 0.25) is 0 Å². The van der Waals surface area contributed by atoms with Crippen molar-refractivity contribution < 1.29 is 19.1 Å². The smallest absolute Gasteiger partial charge is 0.279 e. The van der Waals surface area contributed by atoms with Crippen molar-refractivity contribution in [1.29, 1.82) is 0 Å². The number of aryl methyl sites for hydroxylation is 2. The van der Waals surface area contributed by atoms with Crippen molar-refractivity contribution in [2.75, 3.05) is 18.5 Å². The van der Waals surface area contributed by atoms with E-state index < -0.39 is 11.7 Å². The number of hydroxylamine groups is 1. The van der Waals surface area contributed by atoms with Crippen molar-refractivity contribution in [2.24, 2.45) is 7.05 Å². The normalized spacial score (nSPS) is 10.4. The maximum absolute atomic E-state index is 14.3. The van der Waals surface area contributed by atoms with Crippen molar-refractivity contribution in [2.45, 2.75) is 27.2 Å². The maximum Gasteiger partial charge on any atom is 0.279 e. The van der Waals surface area contributed by atoms with Gasteiger partial charge in [0.05, 0.1) is 17.9 Å². The van der Waals surface area contributed by atoms with E-state index in [4.69, 9.17) is 9.94 Å². The van der Waals surface area contributed by atoms with Crippen LogP contribution in [0, 0.1) is 12.7 Å². The Labute approximate surface area is 169 Å². The van der Waals surface area contributed by atoms with Gasteiger partial charge in [0, 0.05) is 25.2 Å². The number of halogens is 1. The van der Waals surface area contributed by atoms with Gasteiger partial charge in [0.2, 0.25) is 0 Å². The van der Waals surface area contributed by atoms with Crippen LogP contribution in [0.15, 0.2) is 36.5 Å². The number of rotatable bonds is 7. The number of pyridine rings is 1. The van der Waals surface area contributed by atoms with Crippen LogP contribution in [0.4, 0.5) is 15.9 Å². The topological polar surface area (TPSA) is 88.4 Å². The third-order valence-electron chi connectivity index (χ3n) is 4.12. The van der Waals surface area contributed by atoms with Gasteiger partial charge in [-0.3, -0.25) is 9.63 Å². The molecule has 0 fully saturated rings. The molecule has 0 spiro atoms. The van der Waals surface area contributed by atoms with E-state index in [2.05, 4.69) is 15.8 Å². The van der Waals surface area contributed by atoms with Crippen LogP contribution in [0.25, 0.3) is 11.0 Å². The minimum Gasteiger partial charge on any atom is -0.396 e. The predicted molar refractivity (Wildman–Crippen MR) is 112 cm³/mol. The van der Waals surface area contributed by atoms with Gasteiger partial charge < -0.3 is 15.0 Å². The summed E-state index contributed by atoms with van der Waals surface area (Å²) in [6.07, 6.45) is 2.02. The molecule has 0 aliphatic carbocycles. The fraction of sp³-hybridized carbons (Fsp3) is 0.333. The molecule has 7 nitrogen and oxygen atoms in total. The lowest BCUT2D eigenvalue weighted by atomic mass is 10.2. The van der Waals surface area contributed by atoms with Gasteiger partial charge in [-0.25, -0.2) is 14.9 Å². The number of amides is 1. The van der Waals surface area contributed by atoms with Gasteiger partial charge in [0.15, 0.2) is 0 Å². The van der Waals surface area contributed by atoms with Gasteiger partial charge in [-0.1, -0.05) is 19.9 Å². The minimum atomic E-state index is -0.485. The highest BCUT2D eigenvalue weighted by molar-refractivity contribution is 6.11. The SMILES string of the molecule is CC.Cc1ccc(Nc2c(C(=O)NOCCCO)c3cccnc3n2C)c(F)c1. The van der Waals surface area contributed by atoms with E-state index in [-0.39, 0.29) is 18.9 Å². The number of hydrogen-bond acceptors (Lipinski definition) is 5. The summed E-state index contributed by atoms with van der Waals surface area (Å²) in [7, 11) is 1.74. The molecule has 8 heteroatoms. The average molecular weight is 402 g/mol. The Kier molecular flexibility index (Phi) is 8.11. The van der Waals surface area contributed by atoms with Crippen LogP contribution in [0.5, 0.6) is 0 Å². The van der Waals surface area contributed by atoms with Crippen LogP contribution in [0.3, 0.4) is 0 Å². The summed E-state index contributed by atoms with van der Waals surface area (Å²) in [6, 6.07) is 8.31. The molecule has 1 aromatic carbocycles. The first-order valence-electron chi connectivity index (χ1n) is 9.52. The summed E-state index contributed by atoms with van der Waals surface area (Å²) in [4.78, 5) is 22.1. The number of hydrogen-bond donors (Lipinski definition) is 3. The number of aliphatic hydroxyl groups is 1. The van der Waals surface area contributed by atoms with Crippen molar-refractivity contribution in [3.05, 3.63) is 53.5 Å². The summed E-state index contributed by atoms with van der Waals surface area (Å²) in [5.41, 5.74) is 4.29. The monoisotopic (exact) mass is 402 g/mol. The summed E-state index contributed by atoms with van der Waals surface area (Å²) < 4.78 is 16.0. The third-order valence-corrected chi connectivity index (χ3v) is 4.12. The Hall–Kier alpha value is -2.97. The van der Waals surface area contributed by atoms with Crippen LogP contribution >= 0.6 is 0 Å². The summed E-state index contributed by atoms with van der Waals surface area (Å²) in [5.74, 6) is -0.505. The molecule has 0 saturated carbocycles. The van der Waals surface area contributed by atoms with Crippen LogP contribution in [0.1, 0.15) is 36.2 Å². The Morgan fingerprint density at radius 1 is 1.31 bits per heavy atom. The highest BCUT2D eigenvalue weighted by Gasteiger charge is 2.23. The number of aromatic nitrogens is 2. The first-order valence-corrected chi connectivity index (χ1v) is 9.52. The van der Waals surface area contributed by atoms with Gasteiger partial charge in [0.25, 0.3) is 5.91 Å². The number of nitrogens with one attached hydrogen (secondary N) is 2. The molecule has 3 rings (SSSR count). The van der Waals surface area contributed by atoms with Crippen LogP contribution < -0.4 is 10.8 Å². The van der Waals surface area contributed by atoms with E-state index >= 15 is 0 Å². The number of anilines is 2. The first-order chi connectivity index (χ1) is 14.0. The van der Waals surface area contributed by atoms with Gasteiger partial charge in [-0.15, -0.1) is 0 Å². The number of carbonyl (C=O) groups is 1. The van der Waals surface area contributed by atoms with Crippen molar-refractivity contribution >= 4 is 28.4 Å². The molecule has 3 N–H and O–H groups in total. The van der Waals surface area contributed by atoms with E-state index in [0.717, 1.165) is 5.56 Å². The predicted octanol–water partition coefficient (Wildman–Crippen LogP) is 3.83. The minimum absolute atomic E-state index is 0.0342.